The lowest BCUT2D eigenvalue weighted by molar-refractivity contribution is 0.141. The van der Waals surface area contributed by atoms with Crippen LogP contribution in [0.4, 0.5) is 4.79 Å². The minimum atomic E-state index is -0.763. The van der Waals surface area contributed by atoms with E-state index in [0.717, 1.165) is 26.1 Å². The summed E-state index contributed by atoms with van der Waals surface area (Å²) >= 11 is 0. The van der Waals surface area contributed by atoms with Gasteiger partial charge in [-0.05, 0) is 18.9 Å². The molecule has 4 heteroatoms. The molecule has 11 heavy (non-hydrogen) atoms. The summed E-state index contributed by atoms with van der Waals surface area (Å²) in [5.41, 5.74) is 0. The van der Waals surface area contributed by atoms with E-state index in [2.05, 4.69) is 5.32 Å². The van der Waals surface area contributed by atoms with Gasteiger partial charge in [0.25, 0.3) is 0 Å². The Balaban J connectivity index is 2.08. The molecule has 4 nitrogen and oxygen atoms in total. The predicted molar refractivity (Wildman–Crippen MR) is 39.5 cm³/mol. The molecule has 2 rings (SSSR count). The van der Waals surface area contributed by atoms with Crippen molar-refractivity contribution in [2.24, 2.45) is 5.92 Å². The van der Waals surface area contributed by atoms with E-state index in [4.69, 9.17) is 5.11 Å². The van der Waals surface area contributed by atoms with Crippen molar-refractivity contribution in [1.82, 2.24) is 10.2 Å². The first-order chi connectivity index (χ1) is 5.27. The summed E-state index contributed by atoms with van der Waals surface area (Å²) in [5, 5.41) is 12.0. The highest BCUT2D eigenvalue weighted by atomic mass is 16.4. The molecule has 0 aromatic carbocycles. The van der Waals surface area contributed by atoms with Crippen molar-refractivity contribution in [1.29, 1.82) is 0 Å². The number of hydrogen-bond acceptors (Lipinski definition) is 2. The van der Waals surface area contributed by atoms with E-state index < -0.39 is 6.09 Å². The van der Waals surface area contributed by atoms with Gasteiger partial charge in [0.15, 0.2) is 0 Å². The molecule has 2 heterocycles. The van der Waals surface area contributed by atoms with E-state index in [1.54, 1.807) is 4.90 Å². The number of piperidine rings is 1. The summed E-state index contributed by atoms with van der Waals surface area (Å²) in [6, 6.07) is 0.242. The Morgan fingerprint density at radius 3 is 3.00 bits per heavy atom. The molecule has 0 spiro atoms. The van der Waals surface area contributed by atoms with Gasteiger partial charge in [-0.1, -0.05) is 0 Å². The molecule has 62 valence electrons. The third kappa shape index (κ3) is 1.07. The van der Waals surface area contributed by atoms with E-state index in [1.807, 2.05) is 0 Å². The zero-order valence-electron chi connectivity index (χ0n) is 6.29. The molecule has 0 saturated carbocycles. The number of carbonyl (C=O) groups is 1. The molecule has 0 radical (unpaired) electrons. The van der Waals surface area contributed by atoms with Crippen LogP contribution in [0.2, 0.25) is 0 Å². The Hall–Kier alpha value is -0.770. The third-order valence-corrected chi connectivity index (χ3v) is 2.56. The Morgan fingerprint density at radius 2 is 2.36 bits per heavy atom. The van der Waals surface area contributed by atoms with Crippen LogP contribution in [0.5, 0.6) is 0 Å². The molecule has 0 aromatic heterocycles. The summed E-state index contributed by atoms with van der Waals surface area (Å²) in [5.74, 6) is 0.560. The van der Waals surface area contributed by atoms with Gasteiger partial charge in [-0.15, -0.1) is 0 Å². The Morgan fingerprint density at radius 1 is 1.55 bits per heavy atom. The van der Waals surface area contributed by atoms with Crippen molar-refractivity contribution < 1.29 is 9.90 Å². The number of amides is 1. The lowest BCUT2D eigenvalue weighted by atomic mass is 10.0. The number of hydrogen-bond donors (Lipinski definition) is 2. The maximum Gasteiger partial charge on any atom is 0.407 e. The number of likely N-dealkylation sites (tertiary alicyclic amines) is 1. The van der Waals surface area contributed by atoms with Crippen molar-refractivity contribution in [3.63, 3.8) is 0 Å². The van der Waals surface area contributed by atoms with Gasteiger partial charge in [-0.2, -0.15) is 0 Å². The van der Waals surface area contributed by atoms with E-state index in [-0.39, 0.29) is 6.04 Å². The molecule has 2 fully saturated rings. The first-order valence-corrected chi connectivity index (χ1v) is 3.97. The topological polar surface area (TPSA) is 52.6 Å². The molecule has 2 saturated heterocycles. The van der Waals surface area contributed by atoms with Gasteiger partial charge < -0.3 is 15.3 Å². The van der Waals surface area contributed by atoms with Crippen LogP contribution in [0.25, 0.3) is 0 Å². The predicted octanol–water partition coefficient (Wildman–Crippen LogP) is -0.0419. The first kappa shape index (κ1) is 6.91. The molecule has 1 amide bonds. The highest BCUT2D eigenvalue weighted by Crippen LogP contribution is 2.25. The van der Waals surface area contributed by atoms with Crippen LogP contribution in [-0.2, 0) is 0 Å². The second-order valence-electron chi connectivity index (χ2n) is 3.35. The molecule has 0 aliphatic carbocycles. The second-order valence-corrected chi connectivity index (χ2v) is 3.35. The average molecular weight is 156 g/mol. The first-order valence-electron chi connectivity index (χ1n) is 3.97. The Kier molecular flexibility index (Phi) is 1.49. The summed E-state index contributed by atoms with van der Waals surface area (Å²) in [6.07, 6.45) is 0.292. The lowest BCUT2D eigenvalue weighted by Crippen LogP contribution is -2.41. The quantitative estimate of drug-likeness (QED) is 0.517. The number of nitrogens with zero attached hydrogens (tertiary/aromatic N) is 1. The van der Waals surface area contributed by atoms with Gasteiger partial charge in [0.2, 0.25) is 0 Å². The van der Waals surface area contributed by atoms with Gasteiger partial charge in [0.1, 0.15) is 0 Å². The zero-order valence-corrected chi connectivity index (χ0v) is 6.29. The third-order valence-electron chi connectivity index (χ3n) is 2.56. The smallest absolute Gasteiger partial charge is 0.407 e. The number of rotatable bonds is 0. The molecule has 2 atom stereocenters. The van der Waals surface area contributed by atoms with Crippen LogP contribution in [0.15, 0.2) is 0 Å². The highest BCUT2D eigenvalue weighted by molar-refractivity contribution is 5.66. The van der Waals surface area contributed by atoms with Crippen LogP contribution in [0, 0.1) is 5.92 Å². The highest BCUT2D eigenvalue weighted by Gasteiger charge is 2.37. The van der Waals surface area contributed by atoms with Crippen LogP contribution >= 0.6 is 0 Å². The van der Waals surface area contributed by atoms with Crippen LogP contribution in [0.1, 0.15) is 6.42 Å². The molecular weight excluding hydrogens is 144 g/mol. The fourth-order valence-corrected chi connectivity index (χ4v) is 2.04. The van der Waals surface area contributed by atoms with Crippen LogP contribution in [0.3, 0.4) is 0 Å². The number of fused-ring (bicyclic) bond motifs is 2. The van der Waals surface area contributed by atoms with Crippen molar-refractivity contribution in [3.8, 4) is 0 Å². The molecule has 0 unspecified atom stereocenters. The molecule has 2 aliphatic rings. The van der Waals surface area contributed by atoms with Gasteiger partial charge in [-0.25, -0.2) is 4.79 Å². The van der Waals surface area contributed by atoms with Crippen molar-refractivity contribution in [3.05, 3.63) is 0 Å². The number of carboxylic acid groups (broad SMARTS) is 1. The monoisotopic (exact) mass is 156 g/mol. The zero-order chi connectivity index (χ0) is 7.84. The molecular formula is C7H12N2O2. The molecule has 0 aromatic rings. The van der Waals surface area contributed by atoms with E-state index >= 15 is 0 Å². The van der Waals surface area contributed by atoms with E-state index in [0.29, 0.717) is 5.92 Å². The molecule has 2 bridgehead atoms. The van der Waals surface area contributed by atoms with Gasteiger partial charge >= 0.3 is 6.09 Å². The normalized spacial score (nSPS) is 35.8. The molecule has 2 N–H and O–H groups in total. The Bertz CT molecular complexity index is 183. The van der Waals surface area contributed by atoms with Gasteiger partial charge in [-0.3, -0.25) is 0 Å². The summed E-state index contributed by atoms with van der Waals surface area (Å²) < 4.78 is 0. The largest absolute Gasteiger partial charge is 0.465 e. The second kappa shape index (κ2) is 2.37. The van der Waals surface area contributed by atoms with E-state index in [1.165, 1.54) is 0 Å². The van der Waals surface area contributed by atoms with Crippen molar-refractivity contribution >= 4 is 6.09 Å². The standard InChI is InChI=1S/C7H12N2O2/c10-7(11)9-4-5-1-6(9)3-8-2-5/h5-6,8H,1-4H2,(H,10,11)/t5-,6+/m0/s1. The van der Waals surface area contributed by atoms with Gasteiger partial charge in [0, 0.05) is 19.1 Å². The fraction of sp³-hybridized carbons (Fsp3) is 0.857. The van der Waals surface area contributed by atoms with Crippen LogP contribution in [-0.4, -0.2) is 41.8 Å². The summed E-state index contributed by atoms with van der Waals surface area (Å²) in [7, 11) is 0. The van der Waals surface area contributed by atoms with Gasteiger partial charge in [0.05, 0.1) is 0 Å². The summed E-state index contributed by atoms with van der Waals surface area (Å²) in [4.78, 5) is 12.2. The minimum absolute atomic E-state index is 0.242. The average Bonchev–Trinajstić information content (AvgIpc) is 2.27. The number of nitrogens with one attached hydrogen (secondary N) is 1. The van der Waals surface area contributed by atoms with E-state index in [9.17, 15) is 4.79 Å². The summed E-state index contributed by atoms with van der Waals surface area (Å²) in [6.45, 7) is 2.55. The molecule has 2 aliphatic heterocycles. The fourth-order valence-electron chi connectivity index (χ4n) is 2.04. The Labute approximate surface area is 65.2 Å². The maximum absolute atomic E-state index is 10.6. The van der Waals surface area contributed by atoms with Crippen LogP contribution < -0.4 is 5.32 Å². The minimum Gasteiger partial charge on any atom is -0.465 e. The lowest BCUT2D eigenvalue weighted by Gasteiger charge is -2.22. The maximum atomic E-state index is 10.6. The SMILES string of the molecule is O=C(O)N1C[C@@H]2CNC[C@H]1C2. The van der Waals surface area contributed by atoms with Crippen molar-refractivity contribution in [2.45, 2.75) is 12.5 Å². The van der Waals surface area contributed by atoms with Crippen molar-refractivity contribution in [2.75, 3.05) is 19.6 Å².